The molecule has 4 heteroatoms. The number of hydrogen-bond acceptors (Lipinski definition) is 4. The zero-order valence-electron chi connectivity index (χ0n) is 9.87. The quantitative estimate of drug-likeness (QED) is 0.753. The number of hydrogen-bond donors (Lipinski definition) is 1. The van der Waals surface area contributed by atoms with Crippen LogP contribution in [0.4, 0.5) is 5.95 Å². The van der Waals surface area contributed by atoms with E-state index in [9.17, 15) is 0 Å². The van der Waals surface area contributed by atoms with Gasteiger partial charge in [0.05, 0.1) is 12.7 Å². The summed E-state index contributed by atoms with van der Waals surface area (Å²) in [6, 6.07) is 1.95. The monoisotopic (exact) mass is 209 g/mol. The van der Waals surface area contributed by atoms with Crippen LogP contribution in [-0.2, 0) is 4.74 Å². The third-order valence-corrected chi connectivity index (χ3v) is 1.82. The number of rotatable bonds is 5. The maximum Gasteiger partial charge on any atom is 0.223 e. The fourth-order valence-corrected chi connectivity index (χ4v) is 1.26. The highest BCUT2D eigenvalue weighted by Gasteiger charge is 1.98. The van der Waals surface area contributed by atoms with Gasteiger partial charge >= 0.3 is 0 Å². The molecule has 0 unspecified atom stereocenters. The van der Waals surface area contributed by atoms with E-state index in [1.165, 1.54) is 0 Å². The highest BCUT2D eigenvalue weighted by atomic mass is 16.5. The molecule has 0 aliphatic rings. The maximum atomic E-state index is 5.41. The van der Waals surface area contributed by atoms with Crippen molar-refractivity contribution in [2.24, 2.45) is 0 Å². The summed E-state index contributed by atoms with van der Waals surface area (Å²) in [4.78, 5) is 8.55. The van der Waals surface area contributed by atoms with Gasteiger partial charge in [-0.05, 0) is 33.8 Å². The van der Waals surface area contributed by atoms with Gasteiger partial charge in [-0.1, -0.05) is 0 Å². The van der Waals surface area contributed by atoms with Crippen LogP contribution in [0.5, 0.6) is 0 Å². The lowest BCUT2D eigenvalue weighted by Crippen LogP contribution is -2.15. The van der Waals surface area contributed by atoms with Gasteiger partial charge in [0.25, 0.3) is 0 Å². The van der Waals surface area contributed by atoms with Gasteiger partial charge < -0.3 is 10.1 Å². The topological polar surface area (TPSA) is 47.0 Å². The minimum absolute atomic E-state index is 0.270. The van der Waals surface area contributed by atoms with Crippen LogP contribution in [-0.4, -0.2) is 29.2 Å². The van der Waals surface area contributed by atoms with Crippen LogP contribution in [0.1, 0.15) is 25.2 Å². The van der Waals surface area contributed by atoms with E-state index in [2.05, 4.69) is 15.3 Å². The van der Waals surface area contributed by atoms with Crippen LogP contribution >= 0.6 is 0 Å². The Kier molecular flexibility index (Phi) is 4.49. The zero-order valence-corrected chi connectivity index (χ0v) is 9.87. The first kappa shape index (κ1) is 11.9. The molecule has 0 aromatic carbocycles. The van der Waals surface area contributed by atoms with E-state index in [4.69, 9.17) is 4.74 Å². The predicted molar refractivity (Wildman–Crippen MR) is 61.1 cm³/mol. The molecule has 0 aliphatic heterocycles. The number of nitrogens with zero attached hydrogens (tertiary/aromatic N) is 2. The van der Waals surface area contributed by atoms with Crippen molar-refractivity contribution in [2.75, 3.05) is 18.5 Å². The van der Waals surface area contributed by atoms with Gasteiger partial charge in [-0.25, -0.2) is 9.97 Å². The van der Waals surface area contributed by atoms with E-state index in [-0.39, 0.29) is 6.10 Å². The second kappa shape index (κ2) is 5.66. The average Bonchev–Trinajstić information content (AvgIpc) is 2.10. The van der Waals surface area contributed by atoms with Gasteiger partial charge in [0.15, 0.2) is 0 Å². The van der Waals surface area contributed by atoms with Crippen molar-refractivity contribution in [2.45, 2.75) is 33.8 Å². The first-order valence-corrected chi connectivity index (χ1v) is 5.25. The van der Waals surface area contributed by atoms with E-state index < -0.39 is 0 Å². The molecule has 4 nitrogen and oxygen atoms in total. The second-order valence-electron chi connectivity index (χ2n) is 3.82. The summed E-state index contributed by atoms with van der Waals surface area (Å²) < 4.78 is 5.41. The van der Waals surface area contributed by atoms with E-state index >= 15 is 0 Å². The summed E-state index contributed by atoms with van der Waals surface area (Å²) in [5, 5.41) is 3.13. The molecule has 0 saturated carbocycles. The maximum absolute atomic E-state index is 5.41. The molecule has 0 radical (unpaired) electrons. The number of anilines is 1. The van der Waals surface area contributed by atoms with Gasteiger partial charge in [-0.3, -0.25) is 0 Å². The molecule has 1 heterocycles. The molecule has 0 saturated heterocycles. The van der Waals surface area contributed by atoms with Gasteiger partial charge in [0, 0.05) is 17.9 Å². The summed E-state index contributed by atoms with van der Waals surface area (Å²) in [5.41, 5.74) is 1.96. The SMILES string of the molecule is Cc1cc(C)nc(NCCOC(C)C)n1. The smallest absolute Gasteiger partial charge is 0.223 e. The molecule has 1 N–H and O–H groups in total. The van der Waals surface area contributed by atoms with Crippen LogP contribution in [0.2, 0.25) is 0 Å². The van der Waals surface area contributed by atoms with E-state index in [1.807, 2.05) is 33.8 Å². The molecule has 1 rings (SSSR count). The summed E-state index contributed by atoms with van der Waals surface area (Å²) in [6.07, 6.45) is 0.270. The van der Waals surface area contributed by atoms with Gasteiger partial charge in [-0.2, -0.15) is 0 Å². The summed E-state index contributed by atoms with van der Waals surface area (Å²) in [7, 11) is 0. The lowest BCUT2D eigenvalue weighted by atomic mass is 10.4. The number of aryl methyl sites for hydroxylation is 2. The minimum Gasteiger partial charge on any atom is -0.377 e. The van der Waals surface area contributed by atoms with Crippen molar-refractivity contribution in [3.8, 4) is 0 Å². The van der Waals surface area contributed by atoms with Crippen LogP contribution in [0.15, 0.2) is 6.07 Å². The lowest BCUT2D eigenvalue weighted by Gasteiger charge is -2.09. The highest BCUT2D eigenvalue weighted by Crippen LogP contribution is 2.02. The van der Waals surface area contributed by atoms with Crippen molar-refractivity contribution in [3.05, 3.63) is 17.5 Å². The molecule has 0 atom stereocenters. The Labute approximate surface area is 91.1 Å². The Morgan fingerprint density at radius 2 is 1.87 bits per heavy atom. The predicted octanol–water partition coefficient (Wildman–Crippen LogP) is 1.93. The average molecular weight is 209 g/mol. The molecule has 0 bridgehead atoms. The second-order valence-corrected chi connectivity index (χ2v) is 3.82. The molecule has 0 fully saturated rings. The summed E-state index contributed by atoms with van der Waals surface area (Å²) >= 11 is 0. The van der Waals surface area contributed by atoms with Crippen molar-refractivity contribution >= 4 is 5.95 Å². The first-order valence-electron chi connectivity index (χ1n) is 5.25. The normalized spacial score (nSPS) is 10.7. The van der Waals surface area contributed by atoms with Gasteiger partial charge in [-0.15, -0.1) is 0 Å². The van der Waals surface area contributed by atoms with E-state index in [1.54, 1.807) is 0 Å². The molecule has 84 valence electrons. The van der Waals surface area contributed by atoms with Crippen molar-refractivity contribution in [1.82, 2.24) is 9.97 Å². The number of aromatic nitrogens is 2. The molecule has 0 aliphatic carbocycles. The minimum atomic E-state index is 0.270. The Hall–Kier alpha value is -1.16. The molecule has 15 heavy (non-hydrogen) atoms. The third kappa shape index (κ3) is 4.74. The van der Waals surface area contributed by atoms with Gasteiger partial charge in [0.1, 0.15) is 0 Å². The van der Waals surface area contributed by atoms with Crippen LogP contribution in [0.25, 0.3) is 0 Å². The van der Waals surface area contributed by atoms with Crippen molar-refractivity contribution in [3.63, 3.8) is 0 Å². The Morgan fingerprint density at radius 3 is 2.40 bits per heavy atom. The first-order chi connectivity index (χ1) is 7.08. The third-order valence-electron chi connectivity index (χ3n) is 1.82. The van der Waals surface area contributed by atoms with E-state index in [0.717, 1.165) is 17.9 Å². The van der Waals surface area contributed by atoms with Gasteiger partial charge in [0.2, 0.25) is 5.95 Å². The Bertz CT molecular complexity index is 292. The van der Waals surface area contributed by atoms with Crippen molar-refractivity contribution < 1.29 is 4.74 Å². The molecule has 1 aromatic rings. The molecule has 1 aromatic heterocycles. The summed E-state index contributed by atoms with van der Waals surface area (Å²) in [6.45, 7) is 9.38. The standard InChI is InChI=1S/C11H19N3O/c1-8(2)15-6-5-12-11-13-9(3)7-10(4)14-11/h7-8H,5-6H2,1-4H3,(H,12,13,14). The fourth-order valence-electron chi connectivity index (χ4n) is 1.26. The van der Waals surface area contributed by atoms with Crippen LogP contribution in [0, 0.1) is 13.8 Å². The highest BCUT2D eigenvalue weighted by molar-refractivity contribution is 5.27. The van der Waals surface area contributed by atoms with E-state index in [0.29, 0.717) is 12.6 Å². The lowest BCUT2D eigenvalue weighted by molar-refractivity contribution is 0.0870. The number of nitrogens with one attached hydrogen (secondary N) is 1. The van der Waals surface area contributed by atoms with Crippen LogP contribution in [0.3, 0.4) is 0 Å². The Morgan fingerprint density at radius 1 is 1.27 bits per heavy atom. The molecule has 0 spiro atoms. The molecule has 0 amide bonds. The van der Waals surface area contributed by atoms with Crippen LogP contribution < -0.4 is 5.32 Å². The Balaban J connectivity index is 2.37. The number of ether oxygens (including phenoxy) is 1. The fraction of sp³-hybridized carbons (Fsp3) is 0.636. The zero-order chi connectivity index (χ0) is 11.3. The largest absolute Gasteiger partial charge is 0.377 e. The molecular formula is C11H19N3O. The summed E-state index contributed by atoms with van der Waals surface area (Å²) in [5.74, 6) is 0.680. The van der Waals surface area contributed by atoms with Crippen molar-refractivity contribution in [1.29, 1.82) is 0 Å². The molecular weight excluding hydrogens is 190 g/mol.